The maximum Gasteiger partial charge on any atom is 0.261 e. The van der Waals surface area contributed by atoms with Gasteiger partial charge in [0.2, 0.25) is 10.0 Å². The zero-order chi connectivity index (χ0) is 37.8. The van der Waals surface area contributed by atoms with Crippen molar-refractivity contribution in [3.05, 3.63) is 82.2 Å². The van der Waals surface area contributed by atoms with Gasteiger partial charge in [-0.05, 0) is 62.8 Å². The molecule has 3 aliphatic rings. The number of hydrogen-bond acceptors (Lipinski definition) is 9. The van der Waals surface area contributed by atoms with Crippen LogP contribution in [0.1, 0.15) is 97.6 Å². The van der Waals surface area contributed by atoms with Crippen LogP contribution in [0.2, 0.25) is 0 Å². The number of sulfonamides is 1. The zero-order valence-electron chi connectivity index (χ0n) is 31.4. The van der Waals surface area contributed by atoms with Crippen molar-refractivity contribution in [3.63, 3.8) is 0 Å². The quantitative estimate of drug-likeness (QED) is 0.0855. The molecule has 2 amide bonds. The number of imide groups is 1. The summed E-state index contributed by atoms with van der Waals surface area (Å²) in [5.74, 6) is 1.67. The van der Waals surface area contributed by atoms with Crippen LogP contribution in [-0.2, 0) is 23.6 Å². The molecule has 7 rings (SSSR count). The molecule has 12 nitrogen and oxygen atoms in total. The molecule has 54 heavy (non-hydrogen) atoms. The fraction of sp³-hybridized carbons (Fsp3) is 0.512. The van der Waals surface area contributed by atoms with Crippen LogP contribution in [0, 0.1) is 5.92 Å². The molecule has 0 bridgehead atoms. The van der Waals surface area contributed by atoms with Gasteiger partial charge in [0.25, 0.3) is 17.4 Å². The van der Waals surface area contributed by atoms with Gasteiger partial charge >= 0.3 is 0 Å². The lowest BCUT2D eigenvalue weighted by molar-refractivity contribution is 0.0651. The van der Waals surface area contributed by atoms with Crippen LogP contribution in [0.15, 0.2) is 64.2 Å². The molecule has 1 aromatic carbocycles. The molecule has 5 heterocycles. The topological polar surface area (TPSA) is 135 Å². The van der Waals surface area contributed by atoms with Gasteiger partial charge in [-0.15, -0.1) is 0 Å². The van der Waals surface area contributed by atoms with Crippen molar-refractivity contribution in [2.24, 2.45) is 13.0 Å². The van der Waals surface area contributed by atoms with E-state index in [1.807, 2.05) is 19.1 Å². The van der Waals surface area contributed by atoms with E-state index in [0.717, 1.165) is 56.1 Å². The number of piperazine rings is 1. The maximum absolute atomic E-state index is 13.3. The third kappa shape index (κ3) is 8.48. The van der Waals surface area contributed by atoms with E-state index < -0.39 is 10.0 Å². The smallest absolute Gasteiger partial charge is 0.261 e. The van der Waals surface area contributed by atoms with Crippen molar-refractivity contribution in [2.45, 2.75) is 83.7 Å². The predicted octanol–water partition coefficient (Wildman–Crippen LogP) is 6.24. The predicted molar refractivity (Wildman–Crippen MR) is 207 cm³/mol. The maximum atomic E-state index is 13.3. The molecule has 1 aliphatic carbocycles. The first-order valence-electron chi connectivity index (χ1n) is 19.5. The Balaban J connectivity index is 0.837. The Morgan fingerprint density at radius 2 is 1.56 bits per heavy atom. The van der Waals surface area contributed by atoms with E-state index in [4.69, 9.17) is 9.15 Å². The lowest BCUT2D eigenvalue weighted by atomic mass is 10.1. The second-order valence-corrected chi connectivity index (χ2v) is 17.3. The van der Waals surface area contributed by atoms with E-state index >= 15 is 0 Å². The number of furan rings is 1. The standard InChI is InChI=1S/C41H51N5O7S/c1-29-25-45(54(50,51)22-12-8-6-4-3-5-7-11-19-46-40(48)33-13-9-10-14-34(33)41(46)49)21-20-44(29)26-31-23-35-38(53-31)36(27-43(2)39(35)47)32-17-18-42-24-37(32)52-28-30-15-16-30/h9-10,13-14,17-18,23-24,27,29-30H,3-8,11-12,15-16,19-22,25-26,28H2,1-2H3. The van der Waals surface area contributed by atoms with E-state index in [2.05, 4.69) is 9.88 Å². The van der Waals surface area contributed by atoms with Crippen LogP contribution in [-0.4, -0.2) is 88.5 Å². The zero-order valence-corrected chi connectivity index (χ0v) is 32.2. The molecule has 1 saturated carbocycles. The first kappa shape index (κ1) is 38.0. The molecular weight excluding hydrogens is 707 g/mol. The highest BCUT2D eigenvalue weighted by Gasteiger charge is 2.35. The van der Waals surface area contributed by atoms with Crippen molar-refractivity contribution in [3.8, 4) is 16.9 Å². The summed E-state index contributed by atoms with van der Waals surface area (Å²) in [5.41, 5.74) is 2.97. The normalized spacial score (nSPS) is 18.2. The average molecular weight is 758 g/mol. The number of carbonyl (C=O) groups is 2. The van der Waals surface area contributed by atoms with Gasteiger partial charge in [0.1, 0.15) is 17.1 Å². The fourth-order valence-corrected chi connectivity index (χ4v) is 9.25. The fourth-order valence-electron chi connectivity index (χ4n) is 7.62. The van der Waals surface area contributed by atoms with Gasteiger partial charge in [0.05, 0.1) is 41.6 Å². The molecule has 1 saturated heterocycles. The van der Waals surface area contributed by atoms with Gasteiger partial charge in [-0.1, -0.05) is 50.7 Å². The number of pyridine rings is 2. The number of aromatic nitrogens is 2. The molecule has 13 heteroatoms. The van der Waals surface area contributed by atoms with E-state index in [0.29, 0.717) is 85.3 Å². The van der Waals surface area contributed by atoms with Crippen LogP contribution >= 0.6 is 0 Å². The molecule has 4 aromatic rings. The molecule has 288 valence electrons. The van der Waals surface area contributed by atoms with Gasteiger partial charge in [-0.25, -0.2) is 8.42 Å². The van der Waals surface area contributed by atoms with Gasteiger partial charge < -0.3 is 13.7 Å². The Morgan fingerprint density at radius 1 is 0.870 bits per heavy atom. The van der Waals surface area contributed by atoms with Gasteiger partial charge in [0.15, 0.2) is 0 Å². The van der Waals surface area contributed by atoms with E-state index in [-0.39, 0.29) is 29.2 Å². The Morgan fingerprint density at radius 3 is 2.24 bits per heavy atom. The summed E-state index contributed by atoms with van der Waals surface area (Å²) in [6.45, 7) is 4.99. The molecule has 1 atom stereocenters. The Kier molecular flexibility index (Phi) is 11.7. The number of ether oxygens (including phenoxy) is 1. The summed E-state index contributed by atoms with van der Waals surface area (Å²) in [5, 5.41) is 0.503. The highest BCUT2D eigenvalue weighted by atomic mass is 32.2. The van der Waals surface area contributed by atoms with E-state index in [1.54, 1.807) is 58.8 Å². The second kappa shape index (κ2) is 16.6. The summed E-state index contributed by atoms with van der Waals surface area (Å²) >= 11 is 0. The van der Waals surface area contributed by atoms with Gasteiger partial charge in [0, 0.05) is 62.8 Å². The number of unbranched alkanes of at least 4 members (excludes halogenated alkanes) is 7. The summed E-state index contributed by atoms with van der Waals surface area (Å²) in [7, 11) is -1.63. The number of hydrogen-bond donors (Lipinski definition) is 0. The second-order valence-electron chi connectivity index (χ2n) is 15.2. The van der Waals surface area contributed by atoms with E-state index in [1.165, 1.54) is 17.7 Å². The number of carbonyl (C=O) groups excluding carboxylic acids is 2. The highest BCUT2D eigenvalue weighted by molar-refractivity contribution is 7.89. The third-order valence-corrected chi connectivity index (χ3v) is 13.0. The molecule has 2 fully saturated rings. The van der Waals surface area contributed by atoms with Crippen molar-refractivity contribution in [2.75, 3.05) is 38.5 Å². The third-order valence-electron chi connectivity index (χ3n) is 11.0. The van der Waals surface area contributed by atoms with Gasteiger partial charge in [-0.2, -0.15) is 4.31 Å². The molecular formula is C41H51N5O7S. The molecule has 0 spiro atoms. The summed E-state index contributed by atoms with van der Waals surface area (Å²) < 4.78 is 42.3. The van der Waals surface area contributed by atoms with Crippen molar-refractivity contribution in [1.29, 1.82) is 0 Å². The first-order chi connectivity index (χ1) is 26.1. The van der Waals surface area contributed by atoms with Crippen molar-refractivity contribution in [1.82, 2.24) is 23.7 Å². The van der Waals surface area contributed by atoms with Crippen molar-refractivity contribution < 1.29 is 27.2 Å². The summed E-state index contributed by atoms with van der Waals surface area (Å²) in [6, 6.07) is 10.7. The molecule has 0 radical (unpaired) electrons. The molecule has 0 N–H and O–H groups in total. The minimum absolute atomic E-state index is 0.0244. The molecule has 3 aromatic heterocycles. The Labute approximate surface area is 317 Å². The number of fused-ring (bicyclic) bond motifs is 2. The van der Waals surface area contributed by atoms with Crippen LogP contribution in [0.25, 0.3) is 22.1 Å². The Bertz CT molecular complexity index is 2120. The van der Waals surface area contributed by atoms with Crippen LogP contribution in [0.3, 0.4) is 0 Å². The van der Waals surface area contributed by atoms with Crippen molar-refractivity contribution >= 4 is 32.8 Å². The van der Waals surface area contributed by atoms with Crippen LogP contribution in [0.5, 0.6) is 5.75 Å². The van der Waals surface area contributed by atoms with Gasteiger partial charge in [-0.3, -0.25) is 29.2 Å². The SMILES string of the molecule is CC1CN(S(=O)(=O)CCCCCCCCCCN2C(=O)c3ccccc3C2=O)CCN1Cc1cc2c(=O)n(C)cc(-c3ccncc3OCC3CC3)c2o1. The minimum atomic E-state index is -3.37. The number of benzene rings is 1. The monoisotopic (exact) mass is 757 g/mol. The van der Waals surface area contributed by atoms with Crippen LogP contribution in [0.4, 0.5) is 0 Å². The summed E-state index contributed by atoms with van der Waals surface area (Å²) in [4.78, 5) is 46.0. The first-order valence-corrected chi connectivity index (χ1v) is 21.1. The minimum Gasteiger partial charge on any atom is -0.491 e. The molecule has 1 unspecified atom stereocenters. The average Bonchev–Trinajstić information content (AvgIpc) is 3.86. The Hall–Kier alpha value is -4.33. The highest BCUT2D eigenvalue weighted by Crippen LogP contribution is 2.37. The lowest BCUT2D eigenvalue weighted by Gasteiger charge is -2.38. The number of nitrogens with zero attached hydrogens (tertiary/aromatic N) is 5. The summed E-state index contributed by atoms with van der Waals surface area (Å²) in [6.07, 6.45) is 14.9. The van der Waals surface area contributed by atoms with Crippen LogP contribution < -0.4 is 10.3 Å². The number of amides is 2. The number of aryl methyl sites for hydroxylation is 1. The number of rotatable bonds is 18. The van der Waals surface area contributed by atoms with E-state index in [9.17, 15) is 22.8 Å². The largest absolute Gasteiger partial charge is 0.491 e. The molecule has 2 aliphatic heterocycles. The lowest BCUT2D eigenvalue weighted by Crippen LogP contribution is -2.53.